The molecule has 21 heavy (non-hydrogen) atoms. The summed E-state index contributed by atoms with van der Waals surface area (Å²) in [5, 5.41) is 3.02. The molecule has 1 aliphatic heterocycles. The predicted octanol–water partition coefficient (Wildman–Crippen LogP) is 1.82. The highest BCUT2D eigenvalue weighted by molar-refractivity contribution is 5.98. The number of halogens is 1. The number of hydrogen-bond acceptors (Lipinski definition) is 4. The van der Waals surface area contributed by atoms with Crippen molar-refractivity contribution in [3.8, 4) is 0 Å². The average molecular weight is 294 g/mol. The second-order valence-corrected chi connectivity index (χ2v) is 5.31. The molecule has 0 aliphatic carbocycles. The van der Waals surface area contributed by atoms with Crippen molar-refractivity contribution in [2.45, 2.75) is 26.8 Å². The van der Waals surface area contributed by atoms with Crippen LogP contribution in [-0.2, 0) is 0 Å². The Morgan fingerprint density at radius 3 is 2.86 bits per heavy atom. The van der Waals surface area contributed by atoms with Gasteiger partial charge in [0.25, 0.3) is 5.91 Å². The summed E-state index contributed by atoms with van der Waals surface area (Å²) in [5.41, 5.74) is 0.314. The summed E-state index contributed by atoms with van der Waals surface area (Å²) in [6, 6.07) is 1.58. The molecule has 1 N–H and O–H groups in total. The Morgan fingerprint density at radius 1 is 1.48 bits per heavy atom. The Balaban J connectivity index is 2.18. The van der Waals surface area contributed by atoms with E-state index < -0.39 is 5.82 Å². The van der Waals surface area contributed by atoms with Crippen LogP contribution in [0.15, 0.2) is 12.3 Å². The molecule has 116 valence electrons. The van der Waals surface area contributed by atoms with Gasteiger partial charge in [0, 0.05) is 32.2 Å². The first-order chi connectivity index (χ1) is 10.1. The van der Waals surface area contributed by atoms with Gasteiger partial charge in [0.1, 0.15) is 11.6 Å². The molecule has 1 aromatic rings. The fourth-order valence-electron chi connectivity index (χ4n) is 2.73. The van der Waals surface area contributed by atoms with Crippen LogP contribution in [0.3, 0.4) is 0 Å². The highest BCUT2D eigenvalue weighted by atomic mass is 19.1. The molecule has 0 aromatic carbocycles. The molecule has 1 aromatic heterocycles. The number of anilines is 1. The first-order valence-electron chi connectivity index (χ1n) is 7.49. The molecule has 1 saturated heterocycles. The summed E-state index contributed by atoms with van der Waals surface area (Å²) in [4.78, 5) is 20.8. The van der Waals surface area contributed by atoms with E-state index in [4.69, 9.17) is 0 Å². The smallest absolute Gasteiger partial charge is 0.257 e. The van der Waals surface area contributed by atoms with Crippen molar-refractivity contribution in [2.75, 3.05) is 38.0 Å². The summed E-state index contributed by atoms with van der Waals surface area (Å²) in [5.74, 6) is -0.185. The maximum absolute atomic E-state index is 13.4. The van der Waals surface area contributed by atoms with E-state index in [9.17, 15) is 9.18 Å². The molecule has 5 nitrogen and oxygen atoms in total. The van der Waals surface area contributed by atoms with Crippen LogP contribution in [0.2, 0.25) is 0 Å². The number of pyridine rings is 1. The number of hydrogen-bond donors (Lipinski definition) is 1. The van der Waals surface area contributed by atoms with Gasteiger partial charge in [-0.2, -0.15) is 0 Å². The molecule has 1 fully saturated rings. The molecule has 1 atom stereocenters. The zero-order valence-electron chi connectivity index (χ0n) is 12.9. The third-order valence-electron chi connectivity index (χ3n) is 3.89. The van der Waals surface area contributed by atoms with E-state index in [0.717, 1.165) is 19.3 Å². The van der Waals surface area contributed by atoms with Gasteiger partial charge in [-0.25, -0.2) is 9.37 Å². The van der Waals surface area contributed by atoms with Gasteiger partial charge in [-0.05, 0) is 26.5 Å². The lowest BCUT2D eigenvalue weighted by Gasteiger charge is -2.39. The fourth-order valence-corrected chi connectivity index (χ4v) is 2.73. The standard InChI is InChI=1S/C15H23FN4O/c1-4-17-14-13(8-12(16)9-18-14)15(21)20-7-6-19(5-2)11(3)10-20/h8-9,11H,4-7,10H2,1-3H3,(H,17,18). The lowest BCUT2D eigenvalue weighted by molar-refractivity contribution is 0.0528. The molecule has 0 bridgehead atoms. The Labute approximate surface area is 125 Å². The van der Waals surface area contributed by atoms with Crippen LogP contribution in [0.1, 0.15) is 31.1 Å². The number of carbonyl (C=O) groups is 1. The Morgan fingerprint density at radius 2 is 2.24 bits per heavy atom. The normalized spacial score (nSPS) is 19.6. The van der Waals surface area contributed by atoms with Crippen LogP contribution in [0.5, 0.6) is 0 Å². The van der Waals surface area contributed by atoms with Crippen LogP contribution in [-0.4, -0.2) is 59.5 Å². The summed E-state index contributed by atoms with van der Waals surface area (Å²) >= 11 is 0. The first kappa shape index (κ1) is 15.7. The molecule has 1 amide bonds. The lowest BCUT2D eigenvalue weighted by Crippen LogP contribution is -2.53. The first-order valence-corrected chi connectivity index (χ1v) is 7.49. The average Bonchev–Trinajstić information content (AvgIpc) is 2.48. The number of nitrogens with zero attached hydrogens (tertiary/aromatic N) is 3. The number of likely N-dealkylation sites (N-methyl/N-ethyl adjacent to an activating group) is 1. The molecule has 2 heterocycles. The molecule has 2 rings (SSSR count). The van der Waals surface area contributed by atoms with Gasteiger partial charge in [-0.15, -0.1) is 0 Å². The lowest BCUT2D eigenvalue weighted by atomic mass is 10.1. The number of piperazine rings is 1. The van der Waals surface area contributed by atoms with E-state index in [1.165, 1.54) is 6.07 Å². The summed E-state index contributed by atoms with van der Waals surface area (Å²) in [7, 11) is 0. The van der Waals surface area contributed by atoms with Crippen LogP contribution >= 0.6 is 0 Å². The Hall–Kier alpha value is -1.69. The summed E-state index contributed by atoms with van der Waals surface area (Å²) in [6.45, 7) is 9.94. The third-order valence-corrected chi connectivity index (χ3v) is 3.89. The fraction of sp³-hybridized carbons (Fsp3) is 0.600. The summed E-state index contributed by atoms with van der Waals surface area (Å²) < 4.78 is 13.4. The molecule has 1 aliphatic rings. The molecule has 0 saturated carbocycles. The van der Waals surface area contributed by atoms with E-state index in [0.29, 0.717) is 37.1 Å². The topological polar surface area (TPSA) is 48.5 Å². The van der Waals surface area contributed by atoms with Gasteiger partial charge in [-0.3, -0.25) is 9.69 Å². The van der Waals surface area contributed by atoms with Crippen molar-refractivity contribution < 1.29 is 9.18 Å². The second kappa shape index (κ2) is 6.85. The van der Waals surface area contributed by atoms with Crippen molar-refractivity contribution in [1.82, 2.24) is 14.8 Å². The van der Waals surface area contributed by atoms with E-state index in [1.54, 1.807) is 4.90 Å². The Bertz CT molecular complexity index is 508. The van der Waals surface area contributed by atoms with E-state index in [2.05, 4.69) is 29.0 Å². The number of aromatic nitrogens is 1. The van der Waals surface area contributed by atoms with Crippen molar-refractivity contribution in [1.29, 1.82) is 0 Å². The number of amides is 1. The van der Waals surface area contributed by atoms with E-state index in [1.807, 2.05) is 6.92 Å². The molecule has 0 radical (unpaired) electrons. The van der Waals surface area contributed by atoms with Crippen LogP contribution in [0.4, 0.5) is 10.2 Å². The van der Waals surface area contributed by atoms with Crippen LogP contribution < -0.4 is 5.32 Å². The summed E-state index contributed by atoms with van der Waals surface area (Å²) in [6.07, 6.45) is 1.13. The minimum absolute atomic E-state index is 0.152. The molecular formula is C15H23FN4O. The highest BCUT2D eigenvalue weighted by Gasteiger charge is 2.28. The number of rotatable bonds is 4. The number of nitrogens with one attached hydrogen (secondary N) is 1. The zero-order valence-corrected chi connectivity index (χ0v) is 12.9. The minimum Gasteiger partial charge on any atom is -0.370 e. The largest absolute Gasteiger partial charge is 0.370 e. The van der Waals surface area contributed by atoms with Gasteiger partial charge < -0.3 is 10.2 Å². The monoisotopic (exact) mass is 294 g/mol. The maximum Gasteiger partial charge on any atom is 0.257 e. The van der Waals surface area contributed by atoms with Crippen LogP contribution in [0, 0.1) is 5.82 Å². The second-order valence-electron chi connectivity index (χ2n) is 5.31. The van der Waals surface area contributed by atoms with E-state index in [-0.39, 0.29) is 5.91 Å². The highest BCUT2D eigenvalue weighted by Crippen LogP contribution is 2.18. The van der Waals surface area contributed by atoms with Gasteiger partial charge >= 0.3 is 0 Å². The van der Waals surface area contributed by atoms with Crippen molar-refractivity contribution in [3.63, 3.8) is 0 Å². The third kappa shape index (κ3) is 3.50. The van der Waals surface area contributed by atoms with Crippen molar-refractivity contribution in [2.24, 2.45) is 0 Å². The van der Waals surface area contributed by atoms with Gasteiger partial charge in [0.05, 0.1) is 11.8 Å². The van der Waals surface area contributed by atoms with Gasteiger partial charge in [0.15, 0.2) is 0 Å². The van der Waals surface area contributed by atoms with Gasteiger partial charge in [0.2, 0.25) is 0 Å². The number of carbonyl (C=O) groups excluding carboxylic acids is 1. The van der Waals surface area contributed by atoms with Gasteiger partial charge in [-0.1, -0.05) is 6.92 Å². The SMILES string of the molecule is CCNc1ncc(F)cc1C(=O)N1CCN(CC)C(C)C1. The molecular weight excluding hydrogens is 271 g/mol. The quantitative estimate of drug-likeness (QED) is 0.920. The Kier molecular flexibility index (Phi) is 5.12. The maximum atomic E-state index is 13.4. The molecule has 1 unspecified atom stereocenters. The van der Waals surface area contributed by atoms with Crippen molar-refractivity contribution >= 4 is 11.7 Å². The molecule has 6 heteroatoms. The predicted molar refractivity (Wildman–Crippen MR) is 81.0 cm³/mol. The zero-order chi connectivity index (χ0) is 15.4. The van der Waals surface area contributed by atoms with Crippen LogP contribution in [0.25, 0.3) is 0 Å². The van der Waals surface area contributed by atoms with E-state index >= 15 is 0 Å². The minimum atomic E-state index is -0.486. The van der Waals surface area contributed by atoms with Crippen molar-refractivity contribution in [3.05, 3.63) is 23.6 Å². The molecule has 0 spiro atoms.